The summed E-state index contributed by atoms with van der Waals surface area (Å²) in [5.41, 5.74) is 5.76. The van der Waals surface area contributed by atoms with Gasteiger partial charge in [-0.25, -0.2) is 0 Å². The number of rotatable bonds is 3. The van der Waals surface area contributed by atoms with E-state index in [0.29, 0.717) is 12.5 Å². The molecular weight excluding hydrogens is 162 g/mol. The Morgan fingerprint density at radius 1 is 1.62 bits per heavy atom. The minimum atomic E-state index is 0.115. The Labute approximate surface area is 80.2 Å². The zero-order chi connectivity index (χ0) is 9.90. The van der Waals surface area contributed by atoms with Crippen LogP contribution in [0.3, 0.4) is 0 Å². The Bertz CT molecular complexity index is 208. The van der Waals surface area contributed by atoms with Gasteiger partial charge in [-0.15, -0.1) is 0 Å². The summed E-state index contributed by atoms with van der Waals surface area (Å²) in [7, 11) is 0. The van der Waals surface area contributed by atoms with Gasteiger partial charge in [-0.05, 0) is 30.7 Å². The Kier molecular flexibility index (Phi) is 3.26. The topological polar surface area (TPSA) is 43.1 Å². The maximum absolute atomic E-state index is 10.6. The SMILES string of the molecule is CC1(C)C=CC(C=O)CC1CCN. The maximum atomic E-state index is 10.6. The van der Waals surface area contributed by atoms with Crippen LogP contribution >= 0.6 is 0 Å². The van der Waals surface area contributed by atoms with Crippen molar-refractivity contribution >= 4 is 6.29 Å². The molecule has 13 heavy (non-hydrogen) atoms. The Hall–Kier alpha value is -0.630. The highest BCUT2D eigenvalue weighted by Crippen LogP contribution is 2.39. The van der Waals surface area contributed by atoms with Crippen molar-refractivity contribution in [3.8, 4) is 0 Å². The van der Waals surface area contributed by atoms with Crippen LogP contribution in [0.4, 0.5) is 0 Å². The van der Waals surface area contributed by atoms with Crippen molar-refractivity contribution in [2.45, 2.75) is 26.7 Å². The van der Waals surface area contributed by atoms with Crippen molar-refractivity contribution in [3.05, 3.63) is 12.2 Å². The number of aldehydes is 1. The molecule has 2 nitrogen and oxygen atoms in total. The largest absolute Gasteiger partial charge is 0.330 e. The van der Waals surface area contributed by atoms with E-state index in [4.69, 9.17) is 5.73 Å². The molecule has 0 saturated carbocycles. The molecule has 0 heterocycles. The third kappa shape index (κ3) is 2.41. The second-order valence-electron chi connectivity index (χ2n) is 4.49. The molecule has 0 radical (unpaired) electrons. The molecule has 0 bridgehead atoms. The molecule has 0 aromatic rings. The summed E-state index contributed by atoms with van der Waals surface area (Å²) < 4.78 is 0. The van der Waals surface area contributed by atoms with Gasteiger partial charge in [-0.1, -0.05) is 26.0 Å². The Morgan fingerprint density at radius 2 is 2.31 bits per heavy atom. The normalized spacial score (nSPS) is 31.6. The van der Waals surface area contributed by atoms with Crippen molar-refractivity contribution in [2.24, 2.45) is 23.0 Å². The van der Waals surface area contributed by atoms with Crippen LogP contribution in [0.5, 0.6) is 0 Å². The van der Waals surface area contributed by atoms with Crippen LogP contribution in [-0.2, 0) is 4.79 Å². The lowest BCUT2D eigenvalue weighted by molar-refractivity contribution is -0.110. The lowest BCUT2D eigenvalue weighted by atomic mass is 9.69. The summed E-state index contributed by atoms with van der Waals surface area (Å²) in [4.78, 5) is 10.6. The highest BCUT2D eigenvalue weighted by Gasteiger charge is 2.31. The van der Waals surface area contributed by atoms with E-state index in [-0.39, 0.29) is 11.3 Å². The number of nitrogens with two attached hydrogens (primary N) is 1. The average molecular weight is 181 g/mol. The smallest absolute Gasteiger partial charge is 0.126 e. The molecule has 1 aliphatic rings. The zero-order valence-corrected chi connectivity index (χ0v) is 8.49. The molecule has 2 heteroatoms. The lowest BCUT2D eigenvalue weighted by Crippen LogP contribution is -2.30. The highest BCUT2D eigenvalue weighted by molar-refractivity contribution is 5.57. The van der Waals surface area contributed by atoms with Gasteiger partial charge in [0.15, 0.2) is 0 Å². The molecule has 0 aliphatic heterocycles. The zero-order valence-electron chi connectivity index (χ0n) is 8.49. The number of hydrogen-bond donors (Lipinski definition) is 1. The van der Waals surface area contributed by atoms with Gasteiger partial charge < -0.3 is 10.5 Å². The predicted octanol–water partition coefficient (Wildman–Crippen LogP) is 1.75. The van der Waals surface area contributed by atoms with Crippen LogP contribution in [-0.4, -0.2) is 12.8 Å². The van der Waals surface area contributed by atoms with E-state index in [9.17, 15) is 4.79 Å². The van der Waals surface area contributed by atoms with Crippen LogP contribution in [0.1, 0.15) is 26.7 Å². The molecule has 1 rings (SSSR count). The molecule has 0 fully saturated rings. The van der Waals surface area contributed by atoms with Crippen LogP contribution < -0.4 is 5.73 Å². The molecule has 2 N–H and O–H groups in total. The quantitative estimate of drug-likeness (QED) is 0.532. The molecule has 0 saturated heterocycles. The molecule has 0 amide bonds. The van der Waals surface area contributed by atoms with Crippen LogP contribution in [0.25, 0.3) is 0 Å². The van der Waals surface area contributed by atoms with Crippen molar-refractivity contribution in [1.82, 2.24) is 0 Å². The van der Waals surface area contributed by atoms with E-state index in [1.165, 1.54) is 0 Å². The second-order valence-corrected chi connectivity index (χ2v) is 4.49. The van der Waals surface area contributed by atoms with Crippen LogP contribution in [0.2, 0.25) is 0 Å². The summed E-state index contributed by atoms with van der Waals surface area (Å²) in [6.07, 6.45) is 7.21. The molecule has 2 atom stereocenters. The standard InChI is InChI=1S/C11H19NO/c1-11(2)5-3-9(8-13)7-10(11)4-6-12/h3,5,8-10H,4,6-7,12H2,1-2H3. The fourth-order valence-corrected chi connectivity index (χ4v) is 2.01. The lowest BCUT2D eigenvalue weighted by Gasteiger charge is -2.36. The number of carbonyl (C=O) groups is 1. The summed E-state index contributed by atoms with van der Waals surface area (Å²) in [6, 6.07) is 0. The number of hydrogen-bond acceptors (Lipinski definition) is 2. The second kappa shape index (κ2) is 4.05. The molecule has 0 aromatic heterocycles. The van der Waals surface area contributed by atoms with E-state index in [2.05, 4.69) is 19.9 Å². The van der Waals surface area contributed by atoms with E-state index in [0.717, 1.165) is 19.1 Å². The first kappa shape index (κ1) is 10.5. The minimum Gasteiger partial charge on any atom is -0.330 e. The van der Waals surface area contributed by atoms with Crippen molar-refractivity contribution in [1.29, 1.82) is 0 Å². The van der Waals surface area contributed by atoms with Gasteiger partial charge in [-0.2, -0.15) is 0 Å². The first-order chi connectivity index (χ1) is 6.10. The highest BCUT2D eigenvalue weighted by atomic mass is 16.1. The summed E-state index contributed by atoms with van der Waals surface area (Å²) >= 11 is 0. The van der Waals surface area contributed by atoms with Crippen molar-refractivity contribution < 1.29 is 4.79 Å². The first-order valence-electron chi connectivity index (χ1n) is 4.95. The van der Waals surface area contributed by atoms with Gasteiger partial charge in [-0.3, -0.25) is 0 Å². The monoisotopic (exact) mass is 181 g/mol. The fraction of sp³-hybridized carbons (Fsp3) is 0.727. The van der Waals surface area contributed by atoms with E-state index >= 15 is 0 Å². The van der Waals surface area contributed by atoms with E-state index < -0.39 is 0 Å². The minimum absolute atomic E-state index is 0.115. The van der Waals surface area contributed by atoms with Gasteiger partial charge in [0.05, 0.1) is 0 Å². The third-order valence-corrected chi connectivity index (χ3v) is 3.07. The summed E-state index contributed by atoms with van der Waals surface area (Å²) in [5, 5.41) is 0. The van der Waals surface area contributed by atoms with Crippen LogP contribution in [0.15, 0.2) is 12.2 Å². The van der Waals surface area contributed by atoms with Gasteiger partial charge in [0, 0.05) is 5.92 Å². The van der Waals surface area contributed by atoms with E-state index in [1.807, 2.05) is 6.08 Å². The molecule has 2 unspecified atom stereocenters. The molecule has 0 aromatic carbocycles. The average Bonchev–Trinajstić information content (AvgIpc) is 2.09. The fourth-order valence-electron chi connectivity index (χ4n) is 2.01. The Morgan fingerprint density at radius 3 is 2.85 bits per heavy atom. The number of carbonyl (C=O) groups excluding carboxylic acids is 1. The molecule has 1 aliphatic carbocycles. The van der Waals surface area contributed by atoms with Crippen molar-refractivity contribution in [3.63, 3.8) is 0 Å². The molecule has 74 valence electrons. The van der Waals surface area contributed by atoms with Gasteiger partial charge >= 0.3 is 0 Å². The maximum Gasteiger partial charge on any atom is 0.126 e. The molecule has 0 spiro atoms. The third-order valence-electron chi connectivity index (χ3n) is 3.07. The first-order valence-corrected chi connectivity index (χ1v) is 4.95. The van der Waals surface area contributed by atoms with Gasteiger partial charge in [0.1, 0.15) is 6.29 Å². The van der Waals surface area contributed by atoms with Crippen LogP contribution in [0, 0.1) is 17.3 Å². The van der Waals surface area contributed by atoms with Gasteiger partial charge in [0.2, 0.25) is 0 Å². The van der Waals surface area contributed by atoms with Gasteiger partial charge in [0.25, 0.3) is 0 Å². The Balaban J connectivity index is 2.71. The number of allylic oxidation sites excluding steroid dienone is 2. The molecular formula is C11H19NO. The van der Waals surface area contributed by atoms with E-state index in [1.54, 1.807) is 0 Å². The predicted molar refractivity (Wildman–Crippen MR) is 54.3 cm³/mol. The summed E-state index contributed by atoms with van der Waals surface area (Å²) in [6.45, 7) is 5.14. The van der Waals surface area contributed by atoms with Crippen molar-refractivity contribution in [2.75, 3.05) is 6.54 Å². The summed E-state index contributed by atoms with van der Waals surface area (Å²) in [5.74, 6) is 0.669.